The number of rotatable bonds is 6. The van der Waals surface area contributed by atoms with E-state index in [1.165, 1.54) is 21.3 Å². The van der Waals surface area contributed by atoms with Gasteiger partial charge < -0.3 is 9.88 Å². The van der Waals surface area contributed by atoms with Gasteiger partial charge in [-0.1, -0.05) is 24.3 Å². The molecule has 37 heavy (non-hydrogen) atoms. The third-order valence-electron chi connectivity index (χ3n) is 5.56. The monoisotopic (exact) mass is 514 g/mol. The van der Waals surface area contributed by atoms with Crippen molar-refractivity contribution in [1.82, 2.24) is 34.1 Å². The molecule has 13 heteroatoms. The second-order valence-corrected chi connectivity index (χ2v) is 8.45. The van der Waals surface area contributed by atoms with Crippen LogP contribution in [0, 0.1) is 11.9 Å². The molecule has 4 heterocycles. The SMILES string of the molecule is CC(C)n1cc(C(F)(F)F)nc1-c1ccc(CNc2nc(-c3ccc(F)nc3F)nn3ccnc23)cc1. The van der Waals surface area contributed by atoms with Gasteiger partial charge in [0.25, 0.3) is 0 Å². The third-order valence-corrected chi connectivity index (χ3v) is 5.56. The van der Waals surface area contributed by atoms with Gasteiger partial charge in [-0.3, -0.25) is 0 Å². The van der Waals surface area contributed by atoms with E-state index in [0.717, 1.165) is 17.8 Å². The first-order chi connectivity index (χ1) is 17.6. The number of hydrogen-bond acceptors (Lipinski definition) is 6. The lowest BCUT2D eigenvalue weighted by Crippen LogP contribution is -2.08. The first kappa shape index (κ1) is 24.3. The fourth-order valence-corrected chi connectivity index (χ4v) is 3.73. The molecular formula is C24H19F5N8. The van der Waals surface area contributed by atoms with Crippen molar-refractivity contribution in [2.75, 3.05) is 5.32 Å². The number of nitrogens with one attached hydrogen (secondary N) is 1. The number of hydrogen-bond donors (Lipinski definition) is 1. The zero-order chi connectivity index (χ0) is 26.3. The van der Waals surface area contributed by atoms with Crippen LogP contribution in [-0.2, 0) is 12.7 Å². The average Bonchev–Trinajstić information content (AvgIpc) is 3.50. The number of benzene rings is 1. The van der Waals surface area contributed by atoms with Crippen molar-refractivity contribution in [2.24, 2.45) is 0 Å². The van der Waals surface area contributed by atoms with Crippen LogP contribution in [-0.4, -0.2) is 34.1 Å². The molecule has 0 aliphatic rings. The lowest BCUT2D eigenvalue weighted by molar-refractivity contribution is -0.140. The van der Waals surface area contributed by atoms with E-state index < -0.39 is 23.8 Å². The highest BCUT2D eigenvalue weighted by Gasteiger charge is 2.35. The summed E-state index contributed by atoms with van der Waals surface area (Å²) >= 11 is 0. The molecule has 8 nitrogen and oxygen atoms in total. The van der Waals surface area contributed by atoms with E-state index in [9.17, 15) is 22.0 Å². The summed E-state index contributed by atoms with van der Waals surface area (Å²) < 4.78 is 70.0. The average molecular weight is 514 g/mol. The molecule has 190 valence electrons. The number of anilines is 1. The summed E-state index contributed by atoms with van der Waals surface area (Å²) in [5, 5.41) is 7.33. The van der Waals surface area contributed by atoms with Crippen LogP contribution in [0.2, 0.25) is 0 Å². The van der Waals surface area contributed by atoms with Crippen molar-refractivity contribution < 1.29 is 22.0 Å². The summed E-state index contributed by atoms with van der Waals surface area (Å²) in [5.41, 5.74) is 0.685. The zero-order valence-corrected chi connectivity index (χ0v) is 19.5. The van der Waals surface area contributed by atoms with Crippen molar-refractivity contribution >= 4 is 11.5 Å². The van der Waals surface area contributed by atoms with Crippen LogP contribution in [0.5, 0.6) is 0 Å². The molecule has 0 amide bonds. The van der Waals surface area contributed by atoms with Gasteiger partial charge in [-0.2, -0.15) is 26.9 Å². The van der Waals surface area contributed by atoms with Gasteiger partial charge in [0.1, 0.15) is 5.82 Å². The minimum Gasteiger partial charge on any atom is -0.363 e. The van der Waals surface area contributed by atoms with Gasteiger partial charge in [-0.05, 0) is 31.5 Å². The molecular weight excluding hydrogens is 495 g/mol. The minimum absolute atomic E-state index is 0.0191. The molecule has 0 radical (unpaired) electrons. The normalized spacial score (nSPS) is 12.0. The fraction of sp³-hybridized carbons (Fsp3) is 0.208. The van der Waals surface area contributed by atoms with Crippen LogP contribution < -0.4 is 5.32 Å². The number of alkyl halides is 3. The van der Waals surface area contributed by atoms with E-state index in [0.29, 0.717) is 17.0 Å². The Morgan fingerprint density at radius 3 is 2.41 bits per heavy atom. The van der Waals surface area contributed by atoms with Crippen LogP contribution in [0.3, 0.4) is 0 Å². The smallest absolute Gasteiger partial charge is 0.363 e. The predicted octanol–water partition coefficient (Wildman–Crippen LogP) is 5.54. The molecule has 0 unspecified atom stereocenters. The van der Waals surface area contributed by atoms with Crippen molar-refractivity contribution in [2.45, 2.75) is 32.6 Å². The first-order valence-corrected chi connectivity index (χ1v) is 11.1. The second kappa shape index (κ2) is 9.22. The van der Waals surface area contributed by atoms with Crippen LogP contribution in [0.25, 0.3) is 28.4 Å². The minimum atomic E-state index is -4.54. The quantitative estimate of drug-likeness (QED) is 0.237. The van der Waals surface area contributed by atoms with Crippen molar-refractivity contribution in [1.29, 1.82) is 0 Å². The summed E-state index contributed by atoms with van der Waals surface area (Å²) in [6.45, 7) is 3.84. The Morgan fingerprint density at radius 2 is 1.73 bits per heavy atom. The van der Waals surface area contributed by atoms with E-state index in [1.54, 1.807) is 44.3 Å². The molecule has 0 aliphatic carbocycles. The first-order valence-electron chi connectivity index (χ1n) is 11.1. The Labute approximate surface area is 206 Å². The Kier molecular flexibility index (Phi) is 6.05. The maximum Gasteiger partial charge on any atom is 0.434 e. The van der Waals surface area contributed by atoms with E-state index in [2.05, 4.69) is 30.4 Å². The largest absolute Gasteiger partial charge is 0.434 e. The summed E-state index contributed by atoms with van der Waals surface area (Å²) in [6, 6.07) is 8.88. The van der Waals surface area contributed by atoms with Crippen LogP contribution >= 0.6 is 0 Å². The zero-order valence-electron chi connectivity index (χ0n) is 19.5. The second-order valence-electron chi connectivity index (χ2n) is 8.45. The van der Waals surface area contributed by atoms with Crippen LogP contribution in [0.4, 0.5) is 27.8 Å². The highest BCUT2D eigenvalue weighted by atomic mass is 19.4. The van der Waals surface area contributed by atoms with E-state index >= 15 is 0 Å². The molecule has 0 aliphatic heterocycles. The molecule has 0 saturated carbocycles. The van der Waals surface area contributed by atoms with Crippen LogP contribution in [0.1, 0.15) is 31.1 Å². The van der Waals surface area contributed by atoms with Gasteiger partial charge >= 0.3 is 6.18 Å². The fourth-order valence-electron chi connectivity index (χ4n) is 3.73. The Hall–Kier alpha value is -4.42. The van der Waals surface area contributed by atoms with Crippen LogP contribution in [0.15, 0.2) is 55.0 Å². The van der Waals surface area contributed by atoms with E-state index in [4.69, 9.17) is 0 Å². The Morgan fingerprint density at radius 1 is 0.973 bits per heavy atom. The summed E-state index contributed by atoms with van der Waals surface area (Å²) in [5.74, 6) is -1.51. The molecule has 1 N–H and O–H groups in total. The molecule has 0 fully saturated rings. The number of nitrogens with zero attached hydrogens (tertiary/aromatic N) is 7. The number of aromatic nitrogens is 7. The van der Waals surface area contributed by atoms with Gasteiger partial charge in [0, 0.05) is 36.7 Å². The molecule has 0 saturated heterocycles. The number of halogens is 5. The van der Waals surface area contributed by atoms with Gasteiger partial charge in [0.15, 0.2) is 23.0 Å². The highest BCUT2D eigenvalue weighted by Crippen LogP contribution is 2.32. The molecule has 0 bridgehead atoms. The molecule has 5 rings (SSSR count). The maximum absolute atomic E-state index is 14.2. The summed E-state index contributed by atoms with van der Waals surface area (Å²) in [6.07, 6.45) is -0.474. The predicted molar refractivity (Wildman–Crippen MR) is 124 cm³/mol. The Balaban J connectivity index is 1.40. The summed E-state index contributed by atoms with van der Waals surface area (Å²) in [7, 11) is 0. The highest BCUT2D eigenvalue weighted by molar-refractivity contribution is 5.66. The number of fused-ring (bicyclic) bond motifs is 1. The van der Waals surface area contributed by atoms with Crippen molar-refractivity contribution in [3.63, 3.8) is 0 Å². The van der Waals surface area contributed by atoms with Crippen molar-refractivity contribution in [3.8, 4) is 22.8 Å². The van der Waals surface area contributed by atoms with E-state index in [1.807, 2.05) is 0 Å². The third kappa shape index (κ3) is 4.84. The molecule has 0 spiro atoms. The Bertz CT molecular complexity index is 1570. The molecule has 5 aromatic rings. The molecule has 4 aromatic heterocycles. The number of imidazole rings is 2. The molecule has 1 aromatic carbocycles. The lowest BCUT2D eigenvalue weighted by Gasteiger charge is -2.12. The van der Waals surface area contributed by atoms with Gasteiger partial charge in [-0.15, -0.1) is 5.10 Å². The van der Waals surface area contributed by atoms with Gasteiger partial charge in [0.2, 0.25) is 11.9 Å². The molecule has 0 atom stereocenters. The topological polar surface area (TPSA) is 85.8 Å². The van der Waals surface area contributed by atoms with Crippen molar-refractivity contribution in [3.05, 3.63) is 78.1 Å². The maximum atomic E-state index is 14.2. The number of pyridine rings is 1. The van der Waals surface area contributed by atoms with E-state index in [-0.39, 0.29) is 29.8 Å². The standard InChI is InChI=1S/C24H19F5N8/c1-13(2)36-12-17(24(27,28)29)32-22(36)15-5-3-14(4-6-15)11-31-21-23-30-9-10-37(23)35-20(34-21)16-7-8-18(25)33-19(16)26/h3-10,12-13H,11H2,1-2H3,(H,31,34,35). The van der Waals surface area contributed by atoms with Gasteiger partial charge in [0.05, 0.1) is 5.56 Å². The lowest BCUT2D eigenvalue weighted by atomic mass is 10.1. The summed E-state index contributed by atoms with van der Waals surface area (Å²) in [4.78, 5) is 15.5. The van der Waals surface area contributed by atoms with Gasteiger partial charge in [-0.25, -0.2) is 19.5 Å².